The second kappa shape index (κ2) is 8.92. The number of hydrogen-bond donors (Lipinski definition) is 1. The summed E-state index contributed by atoms with van der Waals surface area (Å²) in [6.07, 6.45) is 1.02. The highest BCUT2D eigenvalue weighted by atomic mass is 16.5. The van der Waals surface area contributed by atoms with Crippen LogP contribution in [0.15, 0.2) is 0 Å². The Morgan fingerprint density at radius 1 is 1.20 bits per heavy atom. The quantitative estimate of drug-likeness (QED) is 0.720. The maximum Gasteiger partial charge on any atom is 0.248 e. The molecule has 1 N–H and O–H groups in total. The molecule has 1 aliphatic rings. The molecule has 116 valence electrons. The summed E-state index contributed by atoms with van der Waals surface area (Å²) in [4.78, 5) is 27.4. The molecule has 0 aromatic rings. The molecule has 0 spiro atoms. The Morgan fingerprint density at radius 2 is 1.85 bits per heavy atom. The first-order valence-corrected chi connectivity index (χ1v) is 7.41. The first-order chi connectivity index (χ1) is 9.52. The van der Waals surface area contributed by atoms with Crippen molar-refractivity contribution >= 4 is 11.8 Å². The van der Waals surface area contributed by atoms with Gasteiger partial charge >= 0.3 is 0 Å². The van der Waals surface area contributed by atoms with Crippen molar-refractivity contribution in [1.82, 2.24) is 15.1 Å². The van der Waals surface area contributed by atoms with E-state index >= 15 is 0 Å². The van der Waals surface area contributed by atoms with Crippen molar-refractivity contribution < 1.29 is 14.3 Å². The Kier molecular flexibility index (Phi) is 7.54. The van der Waals surface area contributed by atoms with Gasteiger partial charge in [0.2, 0.25) is 11.8 Å². The molecule has 0 bridgehead atoms. The van der Waals surface area contributed by atoms with Crippen molar-refractivity contribution in [3.05, 3.63) is 0 Å². The van der Waals surface area contributed by atoms with E-state index in [1.807, 2.05) is 25.7 Å². The Labute approximate surface area is 121 Å². The first kappa shape index (κ1) is 16.9. The lowest BCUT2D eigenvalue weighted by Crippen LogP contribution is -2.52. The van der Waals surface area contributed by atoms with Crippen LogP contribution in [0.3, 0.4) is 0 Å². The van der Waals surface area contributed by atoms with Crippen LogP contribution in [-0.2, 0) is 14.3 Å². The van der Waals surface area contributed by atoms with Crippen LogP contribution in [0.5, 0.6) is 0 Å². The smallest absolute Gasteiger partial charge is 0.248 e. The van der Waals surface area contributed by atoms with Crippen LogP contribution in [-0.4, -0.2) is 73.6 Å². The highest BCUT2D eigenvalue weighted by molar-refractivity contribution is 5.78. The number of hydrogen-bond acceptors (Lipinski definition) is 4. The minimum atomic E-state index is 0.0359. The first-order valence-electron chi connectivity index (χ1n) is 7.41. The van der Waals surface area contributed by atoms with Gasteiger partial charge < -0.3 is 15.0 Å². The Bertz CT molecular complexity index is 313. The molecule has 0 aliphatic carbocycles. The molecule has 20 heavy (non-hydrogen) atoms. The van der Waals surface area contributed by atoms with Crippen LogP contribution in [0.1, 0.15) is 27.2 Å². The lowest BCUT2D eigenvalue weighted by atomic mass is 10.3. The van der Waals surface area contributed by atoms with E-state index in [4.69, 9.17) is 4.74 Å². The predicted octanol–water partition coefficient (Wildman–Crippen LogP) is 0.0818. The summed E-state index contributed by atoms with van der Waals surface area (Å²) in [6.45, 7) is 9.98. The normalized spacial score (nSPS) is 16.5. The summed E-state index contributed by atoms with van der Waals surface area (Å²) in [5.74, 6) is 0.101. The predicted molar refractivity (Wildman–Crippen MR) is 77.4 cm³/mol. The fourth-order valence-electron chi connectivity index (χ4n) is 2.01. The molecule has 0 radical (unpaired) electrons. The second-order valence-electron chi connectivity index (χ2n) is 5.37. The number of amides is 2. The number of nitrogens with one attached hydrogen (secondary N) is 1. The summed E-state index contributed by atoms with van der Waals surface area (Å²) in [5.41, 5.74) is 0. The maximum absolute atomic E-state index is 11.9. The summed E-state index contributed by atoms with van der Waals surface area (Å²) in [5, 5.41) is 2.87. The van der Waals surface area contributed by atoms with Crippen molar-refractivity contribution in [2.45, 2.75) is 33.3 Å². The topological polar surface area (TPSA) is 61.9 Å². The van der Waals surface area contributed by atoms with Gasteiger partial charge in [0.1, 0.15) is 6.61 Å². The van der Waals surface area contributed by atoms with E-state index in [9.17, 15) is 9.59 Å². The van der Waals surface area contributed by atoms with Crippen LogP contribution in [0, 0.1) is 0 Å². The third-order valence-corrected chi connectivity index (χ3v) is 3.20. The van der Waals surface area contributed by atoms with Gasteiger partial charge in [-0.25, -0.2) is 0 Å². The monoisotopic (exact) mass is 285 g/mol. The van der Waals surface area contributed by atoms with E-state index in [2.05, 4.69) is 10.2 Å². The second-order valence-corrected chi connectivity index (χ2v) is 5.37. The van der Waals surface area contributed by atoms with E-state index in [0.29, 0.717) is 19.6 Å². The van der Waals surface area contributed by atoms with Crippen molar-refractivity contribution in [2.75, 3.05) is 45.9 Å². The fourth-order valence-corrected chi connectivity index (χ4v) is 2.01. The Hall–Kier alpha value is -1.14. The highest BCUT2D eigenvalue weighted by Crippen LogP contribution is 2.03. The molecule has 1 fully saturated rings. The fraction of sp³-hybridized carbons (Fsp3) is 0.857. The molecule has 6 nitrogen and oxygen atoms in total. The van der Waals surface area contributed by atoms with Crippen molar-refractivity contribution in [3.8, 4) is 0 Å². The number of nitrogens with zero attached hydrogens (tertiary/aromatic N) is 2. The summed E-state index contributed by atoms with van der Waals surface area (Å²) in [6, 6.07) is 0. The van der Waals surface area contributed by atoms with Gasteiger partial charge in [-0.2, -0.15) is 0 Å². The van der Waals surface area contributed by atoms with Crippen molar-refractivity contribution in [3.63, 3.8) is 0 Å². The molecule has 0 unspecified atom stereocenters. The number of carbonyl (C=O) groups excluding carboxylic acids is 2. The van der Waals surface area contributed by atoms with Crippen LogP contribution >= 0.6 is 0 Å². The van der Waals surface area contributed by atoms with Gasteiger partial charge in [0, 0.05) is 32.7 Å². The zero-order valence-corrected chi connectivity index (χ0v) is 12.9. The minimum Gasteiger partial charge on any atom is -0.369 e. The summed E-state index contributed by atoms with van der Waals surface area (Å²) in [7, 11) is 0. The van der Waals surface area contributed by atoms with Gasteiger partial charge in [-0.15, -0.1) is 0 Å². The average molecular weight is 285 g/mol. The zero-order valence-electron chi connectivity index (χ0n) is 12.9. The molecule has 1 rings (SSSR count). The molecule has 0 saturated carbocycles. The maximum atomic E-state index is 11.9. The van der Waals surface area contributed by atoms with Crippen LogP contribution in [0.2, 0.25) is 0 Å². The van der Waals surface area contributed by atoms with Crippen LogP contribution in [0.25, 0.3) is 0 Å². The van der Waals surface area contributed by atoms with Crippen LogP contribution in [0.4, 0.5) is 0 Å². The molecular weight excluding hydrogens is 258 g/mol. The van der Waals surface area contributed by atoms with Gasteiger partial charge in [-0.05, 0) is 20.3 Å². The molecule has 6 heteroatoms. The molecule has 1 saturated heterocycles. The van der Waals surface area contributed by atoms with Gasteiger partial charge in [0.25, 0.3) is 0 Å². The highest BCUT2D eigenvalue weighted by Gasteiger charge is 2.22. The van der Waals surface area contributed by atoms with E-state index in [1.54, 1.807) is 0 Å². The third kappa shape index (κ3) is 6.34. The lowest BCUT2D eigenvalue weighted by molar-refractivity contribution is -0.139. The molecule has 2 amide bonds. The SMILES string of the molecule is CCCNC(=O)CN1CCN(C(=O)COC(C)C)CC1. The van der Waals surface area contributed by atoms with Gasteiger partial charge in [0.05, 0.1) is 12.6 Å². The Morgan fingerprint density at radius 3 is 2.40 bits per heavy atom. The molecule has 0 aromatic carbocycles. The third-order valence-electron chi connectivity index (χ3n) is 3.20. The standard InChI is InChI=1S/C14H27N3O3/c1-4-5-15-13(18)10-16-6-8-17(9-7-16)14(19)11-20-12(2)3/h12H,4-11H2,1-3H3,(H,15,18). The number of piperazine rings is 1. The van der Waals surface area contributed by atoms with Crippen molar-refractivity contribution in [1.29, 1.82) is 0 Å². The van der Waals surface area contributed by atoms with Gasteiger partial charge in [0.15, 0.2) is 0 Å². The molecule has 0 atom stereocenters. The number of carbonyl (C=O) groups is 2. The molecular formula is C14H27N3O3. The van der Waals surface area contributed by atoms with Crippen molar-refractivity contribution in [2.24, 2.45) is 0 Å². The van der Waals surface area contributed by atoms with Gasteiger partial charge in [-0.3, -0.25) is 14.5 Å². The zero-order chi connectivity index (χ0) is 15.0. The largest absolute Gasteiger partial charge is 0.369 e. The number of ether oxygens (including phenoxy) is 1. The minimum absolute atomic E-state index is 0.0359. The molecule has 0 aromatic heterocycles. The van der Waals surface area contributed by atoms with E-state index in [-0.39, 0.29) is 24.5 Å². The molecule has 1 aliphatic heterocycles. The summed E-state index contributed by atoms with van der Waals surface area (Å²) >= 11 is 0. The summed E-state index contributed by atoms with van der Waals surface area (Å²) < 4.78 is 5.32. The van der Waals surface area contributed by atoms with E-state index in [0.717, 1.165) is 26.1 Å². The van der Waals surface area contributed by atoms with E-state index in [1.165, 1.54) is 0 Å². The van der Waals surface area contributed by atoms with Crippen LogP contribution < -0.4 is 5.32 Å². The number of rotatable bonds is 7. The molecule has 1 heterocycles. The average Bonchev–Trinajstić information content (AvgIpc) is 2.43. The van der Waals surface area contributed by atoms with Gasteiger partial charge in [-0.1, -0.05) is 6.92 Å². The Balaban J connectivity index is 2.22. The lowest BCUT2D eigenvalue weighted by Gasteiger charge is -2.34. The van der Waals surface area contributed by atoms with E-state index < -0.39 is 0 Å².